The first-order valence-electron chi connectivity index (χ1n) is 10.3. The van der Waals surface area contributed by atoms with Crippen molar-refractivity contribution < 1.29 is 24.1 Å². The van der Waals surface area contributed by atoms with Gasteiger partial charge in [0, 0.05) is 17.7 Å². The standard InChI is InChI=1S/C24H19N3O6/c1-32-19-10-6-5-9-18(19)21-20-22(33-26(21)16-7-3-2-4-8-16)24(29)25(23(20)28)15-11-13-17(14-12-15)27(30)31/h2-14,20-22H,1H3. The molecule has 3 atom stereocenters. The lowest BCUT2D eigenvalue weighted by molar-refractivity contribution is -0.384. The molecule has 2 heterocycles. The van der Waals surface area contributed by atoms with E-state index in [1.165, 1.54) is 24.3 Å². The Bertz CT molecular complexity index is 1230. The second-order valence-electron chi connectivity index (χ2n) is 7.69. The summed E-state index contributed by atoms with van der Waals surface area (Å²) in [5.41, 5.74) is 1.54. The minimum Gasteiger partial charge on any atom is -0.496 e. The zero-order chi connectivity index (χ0) is 23.1. The fourth-order valence-electron chi connectivity index (χ4n) is 4.42. The van der Waals surface area contributed by atoms with Crippen molar-refractivity contribution in [2.75, 3.05) is 17.1 Å². The Balaban J connectivity index is 1.58. The molecule has 3 aromatic rings. The molecule has 5 rings (SSSR count). The number of amides is 2. The van der Waals surface area contributed by atoms with E-state index in [0.29, 0.717) is 17.0 Å². The lowest BCUT2D eigenvalue weighted by Gasteiger charge is -2.29. The molecule has 0 radical (unpaired) electrons. The molecule has 166 valence electrons. The number of hydrogen-bond acceptors (Lipinski definition) is 7. The van der Waals surface area contributed by atoms with Gasteiger partial charge in [-0.3, -0.25) is 24.5 Å². The molecule has 0 N–H and O–H groups in total. The largest absolute Gasteiger partial charge is 0.496 e. The van der Waals surface area contributed by atoms with Crippen LogP contribution >= 0.6 is 0 Å². The van der Waals surface area contributed by atoms with Crippen molar-refractivity contribution in [3.63, 3.8) is 0 Å². The molecule has 0 spiro atoms. The number of imide groups is 1. The van der Waals surface area contributed by atoms with Gasteiger partial charge in [-0.1, -0.05) is 36.4 Å². The summed E-state index contributed by atoms with van der Waals surface area (Å²) in [6.07, 6.45) is -1.04. The molecule has 0 aromatic heterocycles. The maximum Gasteiger partial charge on any atom is 0.269 e. The minimum absolute atomic E-state index is 0.128. The molecule has 9 heteroatoms. The number of ether oxygens (including phenoxy) is 1. The number of nitrogens with zero attached hydrogens (tertiary/aromatic N) is 3. The van der Waals surface area contributed by atoms with Gasteiger partial charge in [0.15, 0.2) is 6.10 Å². The van der Waals surface area contributed by atoms with Crippen LogP contribution in [0.3, 0.4) is 0 Å². The molecule has 2 aliphatic heterocycles. The van der Waals surface area contributed by atoms with Crippen LogP contribution in [0.5, 0.6) is 5.75 Å². The fraction of sp³-hybridized carbons (Fsp3) is 0.167. The number of nitro groups is 1. The van der Waals surface area contributed by atoms with Gasteiger partial charge in [-0.2, -0.15) is 0 Å². The summed E-state index contributed by atoms with van der Waals surface area (Å²) >= 11 is 0. The molecule has 2 aliphatic rings. The third-order valence-electron chi connectivity index (χ3n) is 5.90. The SMILES string of the molecule is COc1ccccc1C1C2C(=O)N(c3ccc([N+](=O)[O-])cc3)C(=O)C2ON1c1ccccc1. The number of para-hydroxylation sites is 2. The van der Waals surface area contributed by atoms with Gasteiger partial charge in [0.2, 0.25) is 5.91 Å². The van der Waals surface area contributed by atoms with Gasteiger partial charge >= 0.3 is 0 Å². The first-order valence-corrected chi connectivity index (χ1v) is 10.3. The maximum atomic E-state index is 13.6. The normalized spacial score (nSPS) is 21.9. The molecule has 33 heavy (non-hydrogen) atoms. The van der Waals surface area contributed by atoms with E-state index >= 15 is 0 Å². The monoisotopic (exact) mass is 445 g/mol. The first kappa shape index (κ1) is 20.7. The summed E-state index contributed by atoms with van der Waals surface area (Å²) in [6.45, 7) is 0. The number of rotatable bonds is 5. The lowest BCUT2D eigenvalue weighted by atomic mass is 9.90. The number of methoxy groups -OCH3 is 1. The third-order valence-corrected chi connectivity index (χ3v) is 5.90. The molecule has 3 unspecified atom stereocenters. The second kappa shape index (κ2) is 8.03. The number of carbonyl (C=O) groups excluding carboxylic acids is 2. The van der Waals surface area contributed by atoms with Crippen LogP contribution in [0.4, 0.5) is 17.1 Å². The Hall–Kier alpha value is -4.24. The molecule has 2 amide bonds. The van der Waals surface area contributed by atoms with Crippen molar-refractivity contribution in [2.24, 2.45) is 5.92 Å². The van der Waals surface area contributed by atoms with Gasteiger partial charge in [0.05, 0.1) is 29.4 Å². The van der Waals surface area contributed by atoms with Gasteiger partial charge in [0.1, 0.15) is 11.7 Å². The van der Waals surface area contributed by atoms with Gasteiger partial charge < -0.3 is 4.74 Å². The van der Waals surface area contributed by atoms with Crippen LogP contribution in [0.25, 0.3) is 0 Å². The summed E-state index contributed by atoms with van der Waals surface area (Å²) in [5, 5.41) is 12.6. The van der Waals surface area contributed by atoms with Crippen molar-refractivity contribution in [1.82, 2.24) is 0 Å². The zero-order valence-corrected chi connectivity index (χ0v) is 17.5. The van der Waals surface area contributed by atoms with Crippen LogP contribution in [0.1, 0.15) is 11.6 Å². The van der Waals surface area contributed by atoms with Crippen molar-refractivity contribution in [1.29, 1.82) is 0 Å². The van der Waals surface area contributed by atoms with Gasteiger partial charge in [-0.15, -0.1) is 0 Å². The lowest BCUT2D eigenvalue weighted by Crippen LogP contribution is -2.37. The van der Waals surface area contributed by atoms with Crippen molar-refractivity contribution in [2.45, 2.75) is 12.1 Å². The van der Waals surface area contributed by atoms with Gasteiger partial charge in [-0.25, -0.2) is 9.96 Å². The number of non-ortho nitro benzene ring substituents is 1. The van der Waals surface area contributed by atoms with Crippen LogP contribution in [0.15, 0.2) is 78.9 Å². The average Bonchev–Trinajstić information content (AvgIpc) is 3.35. The predicted octanol–water partition coefficient (Wildman–Crippen LogP) is 3.65. The average molecular weight is 445 g/mol. The molecule has 0 aliphatic carbocycles. The number of hydroxylamine groups is 1. The molecule has 3 aromatic carbocycles. The summed E-state index contributed by atoms with van der Waals surface area (Å²) in [5.74, 6) is -1.21. The molecule has 9 nitrogen and oxygen atoms in total. The quantitative estimate of drug-likeness (QED) is 0.336. The highest BCUT2D eigenvalue weighted by Gasteiger charge is 2.60. The Labute approximate surface area is 188 Å². The van der Waals surface area contributed by atoms with E-state index in [1.807, 2.05) is 48.5 Å². The van der Waals surface area contributed by atoms with E-state index in [2.05, 4.69) is 0 Å². The summed E-state index contributed by atoms with van der Waals surface area (Å²) in [7, 11) is 1.55. The number of anilines is 2. The Morgan fingerprint density at radius 2 is 1.55 bits per heavy atom. The highest BCUT2D eigenvalue weighted by molar-refractivity contribution is 6.24. The number of carbonyl (C=O) groups is 2. The smallest absolute Gasteiger partial charge is 0.269 e. The molecular weight excluding hydrogens is 426 g/mol. The number of nitro benzene ring substituents is 1. The zero-order valence-electron chi connectivity index (χ0n) is 17.5. The predicted molar refractivity (Wildman–Crippen MR) is 119 cm³/mol. The van der Waals surface area contributed by atoms with Crippen LogP contribution < -0.4 is 14.7 Å². The van der Waals surface area contributed by atoms with Crippen molar-refractivity contribution >= 4 is 28.9 Å². The van der Waals surface area contributed by atoms with Crippen LogP contribution in [0.2, 0.25) is 0 Å². The van der Waals surface area contributed by atoms with E-state index in [0.717, 1.165) is 4.90 Å². The van der Waals surface area contributed by atoms with Crippen LogP contribution in [-0.4, -0.2) is 30.0 Å². The molecule has 0 bridgehead atoms. The fourth-order valence-corrected chi connectivity index (χ4v) is 4.42. The first-order chi connectivity index (χ1) is 16.0. The summed E-state index contributed by atoms with van der Waals surface area (Å²) in [4.78, 5) is 44.5. The summed E-state index contributed by atoms with van der Waals surface area (Å²) < 4.78 is 5.54. The van der Waals surface area contributed by atoms with E-state index in [-0.39, 0.29) is 11.4 Å². The third kappa shape index (κ3) is 3.30. The molecular formula is C24H19N3O6. The number of fused-ring (bicyclic) bond motifs is 1. The molecule has 2 saturated heterocycles. The highest BCUT2D eigenvalue weighted by atomic mass is 16.7. The van der Waals surface area contributed by atoms with E-state index < -0.39 is 34.8 Å². The highest BCUT2D eigenvalue weighted by Crippen LogP contribution is 2.49. The van der Waals surface area contributed by atoms with Crippen LogP contribution in [0, 0.1) is 16.0 Å². The topological polar surface area (TPSA) is 102 Å². The molecule has 2 fully saturated rings. The number of benzene rings is 3. The van der Waals surface area contributed by atoms with Gasteiger partial charge in [0.25, 0.3) is 11.6 Å². The Morgan fingerprint density at radius 3 is 2.21 bits per heavy atom. The van der Waals surface area contributed by atoms with E-state index in [4.69, 9.17) is 9.57 Å². The van der Waals surface area contributed by atoms with Crippen molar-refractivity contribution in [3.05, 3.63) is 94.5 Å². The Morgan fingerprint density at radius 1 is 0.879 bits per heavy atom. The Kier molecular flexibility index (Phi) is 5.02. The van der Waals surface area contributed by atoms with Crippen molar-refractivity contribution in [3.8, 4) is 5.75 Å². The molecule has 0 saturated carbocycles. The van der Waals surface area contributed by atoms with Crippen LogP contribution in [-0.2, 0) is 14.4 Å². The van der Waals surface area contributed by atoms with Gasteiger partial charge in [-0.05, 0) is 30.3 Å². The van der Waals surface area contributed by atoms with E-state index in [9.17, 15) is 19.7 Å². The number of hydrogen-bond donors (Lipinski definition) is 0. The maximum absolute atomic E-state index is 13.6. The summed E-state index contributed by atoms with van der Waals surface area (Å²) in [6, 6.07) is 21.2. The second-order valence-corrected chi connectivity index (χ2v) is 7.69. The van der Waals surface area contributed by atoms with E-state index in [1.54, 1.807) is 18.2 Å². The minimum atomic E-state index is -1.04.